The molecule has 2 aromatic rings. The van der Waals surface area contributed by atoms with Crippen LogP contribution >= 0.6 is 0 Å². The molecule has 0 amide bonds. The molecule has 1 saturated carbocycles. The Hall–Kier alpha value is -1.60. The Kier molecular flexibility index (Phi) is 2.93. The fraction of sp³-hybridized carbons (Fsp3) is 0.250. The third kappa shape index (κ3) is 2.75. The van der Waals surface area contributed by atoms with E-state index >= 15 is 0 Å². The molecule has 0 unspecified atom stereocenters. The molecule has 0 bridgehead atoms. The third-order valence-electron chi connectivity index (χ3n) is 3.17. The molecule has 2 aromatic carbocycles. The van der Waals surface area contributed by atoms with Crippen molar-refractivity contribution in [3.63, 3.8) is 0 Å². The maximum Gasteiger partial charge on any atom is 0.0208 e. The van der Waals surface area contributed by atoms with Gasteiger partial charge in [0.15, 0.2) is 0 Å². The highest BCUT2D eigenvalue weighted by atomic mass is 14.9. The van der Waals surface area contributed by atoms with Crippen LogP contribution in [0, 0.1) is 6.07 Å². The Labute approximate surface area is 102 Å². The summed E-state index contributed by atoms with van der Waals surface area (Å²) in [7, 11) is 0. The van der Waals surface area contributed by atoms with E-state index in [0.29, 0.717) is 0 Å². The van der Waals surface area contributed by atoms with Crippen LogP contribution < -0.4 is 5.32 Å². The largest absolute Gasteiger partial charge is 0.310 e. The molecule has 1 aliphatic rings. The van der Waals surface area contributed by atoms with Crippen molar-refractivity contribution in [1.29, 1.82) is 0 Å². The van der Waals surface area contributed by atoms with Crippen LogP contribution in [0.1, 0.15) is 18.4 Å². The molecule has 1 nitrogen and oxygen atoms in total. The SMILES string of the molecule is [c]1cccc(-c2ccc(CNC3CC3)cc2)c1. The highest BCUT2D eigenvalue weighted by Gasteiger charge is 2.19. The molecule has 1 aliphatic carbocycles. The Bertz CT molecular complexity index is 469. The van der Waals surface area contributed by atoms with Crippen LogP contribution in [0.25, 0.3) is 11.1 Å². The van der Waals surface area contributed by atoms with Crippen molar-refractivity contribution in [3.05, 3.63) is 60.2 Å². The van der Waals surface area contributed by atoms with E-state index in [2.05, 4.69) is 41.7 Å². The number of benzene rings is 2. The van der Waals surface area contributed by atoms with Crippen molar-refractivity contribution in [3.8, 4) is 11.1 Å². The Morgan fingerprint density at radius 3 is 2.53 bits per heavy atom. The molecule has 0 heterocycles. The molecule has 0 aliphatic heterocycles. The van der Waals surface area contributed by atoms with Crippen molar-refractivity contribution in [2.45, 2.75) is 25.4 Å². The van der Waals surface area contributed by atoms with E-state index in [-0.39, 0.29) is 0 Å². The van der Waals surface area contributed by atoms with Crippen molar-refractivity contribution in [2.24, 2.45) is 0 Å². The van der Waals surface area contributed by atoms with E-state index in [0.717, 1.165) is 12.6 Å². The van der Waals surface area contributed by atoms with Gasteiger partial charge in [-0.25, -0.2) is 0 Å². The molecular weight excluding hydrogens is 206 g/mol. The van der Waals surface area contributed by atoms with Crippen molar-refractivity contribution < 1.29 is 0 Å². The number of hydrogen-bond donors (Lipinski definition) is 1. The Balaban J connectivity index is 1.70. The lowest BCUT2D eigenvalue weighted by Crippen LogP contribution is -2.14. The van der Waals surface area contributed by atoms with E-state index in [1.54, 1.807) is 0 Å². The van der Waals surface area contributed by atoms with Gasteiger partial charge in [-0.3, -0.25) is 0 Å². The zero-order valence-electron chi connectivity index (χ0n) is 9.82. The van der Waals surface area contributed by atoms with E-state index in [1.165, 1.54) is 29.5 Å². The Morgan fingerprint density at radius 1 is 1.06 bits per heavy atom. The van der Waals surface area contributed by atoms with Crippen LogP contribution in [-0.2, 0) is 6.54 Å². The quantitative estimate of drug-likeness (QED) is 0.836. The van der Waals surface area contributed by atoms with Gasteiger partial charge < -0.3 is 5.32 Å². The molecule has 1 fully saturated rings. The van der Waals surface area contributed by atoms with Crippen LogP contribution in [0.4, 0.5) is 0 Å². The first-order valence-corrected chi connectivity index (χ1v) is 6.21. The topological polar surface area (TPSA) is 12.0 Å². The maximum absolute atomic E-state index is 3.53. The van der Waals surface area contributed by atoms with Crippen LogP contribution in [0.3, 0.4) is 0 Å². The fourth-order valence-electron chi connectivity index (χ4n) is 1.94. The average molecular weight is 222 g/mol. The molecule has 17 heavy (non-hydrogen) atoms. The van der Waals surface area contributed by atoms with Gasteiger partial charge in [-0.05, 0) is 41.7 Å². The first-order valence-electron chi connectivity index (χ1n) is 6.21. The second kappa shape index (κ2) is 4.72. The molecule has 3 rings (SSSR count). The molecule has 0 aromatic heterocycles. The van der Waals surface area contributed by atoms with Crippen LogP contribution in [0.2, 0.25) is 0 Å². The van der Waals surface area contributed by atoms with Gasteiger partial charge in [0.25, 0.3) is 0 Å². The minimum atomic E-state index is 0.776. The van der Waals surface area contributed by atoms with Gasteiger partial charge in [0.2, 0.25) is 0 Å². The van der Waals surface area contributed by atoms with Gasteiger partial charge in [-0.1, -0.05) is 42.5 Å². The molecule has 1 heteroatoms. The van der Waals surface area contributed by atoms with Gasteiger partial charge in [0.05, 0.1) is 0 Å². The highest BCUT2D eigenvalue weighted by Crippen LogP contribution is 2.21. The van der Waals surface area contributed by atoms with Gasteiger partial charge >= 0.3 is 0 Å². The summed E-state index contributed by atoms with van der Waals surface area (Å²) in [5.74, 6) is 0. The molecule has 85 valence electrons. The smallest absolute Gasteiger partial charge is 0.0208 e. The van der Waals surface area contributed by atoms with E-state index in [4.69, 9.17) is 0 Å². The van der Waals surface area contributed by atoms with Crippen molar-refractivity contribution in [1.82, 2.24) is 5.32 Å². The molecular formula is C16H16N. The van der Waals surface area contributed by atoms with E-state index < -0.39 is 0 Å². The fourth-order valence-corrected chi connectivity index (χ4v) is 1.94. The third-order valence-corrected chi connectivity index (χ3v) is 3.17. The first-order chi connectivity index (χ1) is 8.42. The normalized spacial score (nSPS) is 14.8. The minimum absolute atomic E-state index is 0.776. The Morgan fingerprint density at radius 2 is 1.88 bits per heavy atom. The number of hydrogen-bond acceptors (Lipinski definition) is 1. The van der Waals surface area contributed by atoms with Crippen LogP contribution in [0.5, 0.6) is 0 Å². The second-order valence-electron chi connectivity index (χ2n) is 4.64. The molecule has 0 atom stereocenters. The zero-order chi connectivity index (χ0) is 11.5. The van der Waals surface area contributed by atoms with Gasteiger partial charge in [0.1, 0.15) is 0 Å². The predicted molar refractivity (Wildman–Crippen MR) is 70.6 cm³/mol. The lowest BCUT2D eigenvalue weighted by atomic mass is 10.0. The molecule has 1 radical (unpaired) electrons. The second-order valence-corrected chi connectivity index (χ2v) is 4.64. The van der Waals surface area contributed by atoms with Gasteiger partial charge in [-0.15, -0.1) is 0 Å². The molecule has 0 saturated heterocycles. The average Bonchev–Trinajstić information content (AvgIpc) is 3.22. The lowest BCUT2D eigenvalue weighted by Gasteiger charge is -2.05. The standard InChI is InChI=1S/C16H16N/c1-2-4-14(5-3-1)15-8-6-13(7-9-15)12-17-16-10-11-16/h1-2,4-9,16-17H,10-12H2. The van der Waals surface area contributed by atoms with Crippen molar-refractivity contribution in [2.75, 3.05) is 0 Å². The highest BCUT2D eigenvalue weighted by molar-refractivity contribution is 5.63. The number of nitrogens with one attached hydrogen (secondary N) is 1. The molecule has 0 spiro atoms. The summed E-state index contributed by atoms with van der Waals surface area (Å²) >= 11 is 0. The lowest BCUT2D eigenvalue weighted by molar-refractivity contribution is 0.688. The summed E-state index contributed by atoms with van der Waals surface area (Å²) < 4.78 is 0. The van der Waals surface area contributed by atoms with E-state index in [1.807, 2.05) is 18.2 Å². The van der Waals surface area contributed by atoms with Gasteiger partial charge in [0, 0.05) is 12.6 Å². The summed E-state index contributed by atoms with van der Waals surface area (Å²) in [6, 6.07) is 20.8. The predicted octanol–water partition coefficient (Wildman–Crippen LogP) is 3.41. The van der Waals surface area contributed by atoms with Crippen molar-refractivity contribution >= 4 is 0 Å². The van der Waals surface area contributed by atoms with Crippen LogP contribution in [-0.4, -0.2) is 6.04 Å². The summed E-state index contributed by atoms with van der Waals surface area (Å²) in [6.07, 6.45) is 2.69. The number of rotatable bonds is 4. The zero-order valence-corrected chi connectivity index (χ0v) is 9.82. The monoisotopic (exact) mass is 222 g/mol. The summed E-state index contributed by atoms with van der Waals surface area (Å²) in [6.45, 7) is 0.992. The van der Waals surface area contributed by atoms with E-state index in [9.17, 15) is 0 Å². The summed E-state index contributed by atoms with van der Waals surface area (Å²) in [5.41, 5.74) is 3.85. The first kappa shape index (κ1) is 10.5. The minimum Gasteiger partial charge on any atom is -0.310 e. The van der Waals surface area contributed by atoms with Gasteiger partial charge in [-0.2, -0.15) is 0 Å². The molecule has 1 N–H and O–H groups in total. The van der Waals surface area contributed by atoms with Crippen LogP contribution in [0.15, 0.2) is 48.5 Å². The summed E-state index contributed by atoms with van der Waals surface area (Å²) in [5, 5.41) is 3.53. The summed E-state index contributed by atoms with van der Waals surface area (Å²) in [4.78, 5) is 0. The maximum atomic E-state index is 3.53.